The van der Waals surface area contributed by atoms with Crippen LogP contribution in [-0.4, -0.2) is 61.9 Å². The molecule has 192 valence electrons. The number of amides is 2. The number of anilines is 1. The van der Waals surface area contributed by atoms with Crippen molar-refractivity contribution in [3.63, 3.8) is 0 Å². The third-order valence-electron chi connectivity index (χ3n) is 7.26. The molecule has 3 aromatic heterocycles. The van der Waals surface area contributed by atoms with Crippen molar-refractivity contribution in [3.8, 4) is 11.5 Å². The first-order valence-corrected chi connectivity index (χ1v) is 12.4. The molecule has 4 heterocycles. The van der Waals surface area contributed by atoms with Gasteiger partial charge in [-0.1, -0.05) is 12.1 Å². The van der Waals surface area contributed by atoms with Crippen molar-refractivity contribution >= 4 is 39.8 Å². The Labute approximate surface area is 212 Å². The van der Waals surface area contributed by atoms with E-state index in [1.54, 1.807) is 6.07 Å². The van der Waals surface area contributed by atoms with Crippen molar-refractivity contribution in [1.82, 2.24) is 24.0 Å². The number of pyridine rings is 1. The summed E-state index contributed by atoms with van der Waals surface area (Å²) in [5, 5.41) is 1.06. The summed E-state index contributed by atoms with van der Waals surface area (Å²) in [4.78, 5) is 35.5. The highest BCUT2D eigenvalue weighted by atomic mass is 19.1. The molecule has 0 bridgehead atoms. The van der Waals surface area contributed by atoms with Crippen molar-refractivity contribution in [2.45, 2.75) is 31.9 Å². The van der Waals surface area contributed by atoms with E-state index in [1.165, 1.54) is 17.7 Å². The Morgan fingerprint density at radius 2 is 2.08 bits per heavy atom. The lowest BCUT2D eigenvalue weighted by atomic mass is 10.0. The molecule has 0 spiro atoms. The van der Waals surface area contributed by atoms with E-state index in [0.717, 1.165) is 34.7 Å². The zero-order valence-corrected chi connectivity index (χ0v) is 20.5. The number of carbonyl (C=O) groups excluding carboxylic acids is 2. The van der Waals surface area contributed by atoms with Crippen molar-refractivity contribution in [2.75, 3.05) is 25.5 Å². The molecule has 4 N–H and O–H groups in total. The predicted molar refractivity (Wildman–Crippen MR) is 137 cm³/mol. The molecule has 1 aliphatic carbocycles. The predicted octanol–water partition coefficient (Wildman–Crippen LogP) is 3.01. The second-order valence-corrected chi connectivity index (χ2v) is 9.90. The van der Waals surface area contributed by atoms with E-state index >= 15 is 0 Å². The summed E-state index contributed by atoms with van der Waals surface area (Å²) in [5.74, 6) is 1.08. The first kappa shape index (κ1) is 23.3. The van der Waals surface area contributed by atoms with Crippen LogP contribution in [0.2, 0.25) is 0 Å². The largest absolute Gasteiger partial charge is 0.442 e. The molecule has 1 aromatic carbocycles. The molecule has 1 saturated carbocycles. The molecular formula is C26H28FN7O3. The Balaban J connectivity index is 1.40. The van der Waals surface area contributed by atoms with Crippen molar-refractivity contribution in [1.29, 1.82) is 0 Å². The maximum absolute atomic E-state index is 13.3. The summed E-state index contributed by atoms with van der Waals surface area (Å²) in [6.07, 6.45) is 0.718. The van der Waals surface area contributed by atoms with Gasteiger partial charge in [-0.2, -0.15) is 0 Å². The fourth-order valence-electron chi connectivity index (χ4n) is 5.26. The fourth-order valence-corrected chi connectivity index (χ4v) is 5.26. The summed E-state index contributed by atoms with van der Waals surface area (Å²) in [7, 11) is 1.93. The molecule has 1 aliphatic heterocycles. The molecular weight excluding hydrogens is 477 g/mol. The second-order valence-electron chi connectivity index (χ2n) is 9.90. The molecule has 6 rings (SSSR count). The number of benzene rings is 1. The number of rotatable bonds is 7. The highest BCUT2D eigenvalue weighted by Crippen LogP contribution is 2.38. The van der Waals surface area contributed by atoms with Crippen LogP contribution in [0.5, 0.6) is 0 Å². The normalized spacial score (nSPS) is 16.4. The van der Waals surface area contributed by atoms with Crippen molar-refractivity contribution in [3.05, 3.63) is 41.6 Å². The zero-order valence-electron chi connectivity index (χ0n) is 20.5. The summed E-state index contributed by atoms with van der Waals surface area (Å²) < 4.78 is 22.3. The van der Waals surface area contributed by atoms with E-state index in [0.29, 0.717) is 41.3 Å². The number of nitrogens with two attached hydrogens (primary N) is 2. The highest BCUT2D eigenvalue weighted by Gasteiger charge is 2.31. The van der Waals surface area contributed by atoms with Crippen LogP contribution < -0.4 is 11.5 Å². The van der Waals surface area contributed by atoms with Crippen LogP contribution in [0.4, 0.5) is 14.9 Å². The fraction of sp³-hybridized carbons (Fsp3) is 0.385. The number of alkyl halides is 1. The van der Waals surface area contributed by atoms with Gasteiger partial charge in [0.1, 0.15) is 18.3 Å². The number of halogens is 1. The Morgan fingerprint density at radius 3 is 2.81 bits per heavy atom. The number of aryl methyl sites for hydroxylation is 1. The average Bonchev–Trinajstić information content (AvgIpc) is 3.54. The molecule has 10 nitrogen and oxygen atoms in total. The zero-order chi connectivity index (χ0) is 25.8. The van der Waals surface area contributed by atoms with Gasteiger partial charge in [0.2, 0.25) is 0 Å². The van der Waals surface area contributed by atoms with Crippen LogP contribution in [0.25, 0.3) is 33.6 Å². The second kappa shape index (κ2) is 8.75. The number of primary amides is 1. The Kier molecular flexibility index (Phi) is 5.50. The molecule has 2 amide bonds. The van der Waals surface area contributed by atoms with Gasteiger partial charge in [0, 0.05) is 31.9 Å². The molecule has 37 heavy (non-hydrogen) atoms. The monoisotopic (exact) mass is 505 g/mol. The van der Waals surface area contributed by atoms with Gasteiger partial charge in [0.25, 0.3) is 5.91 Å². The Bertz CT molecular complexity index is 1560. The summed E-state index contributed by atoms with van der Waals surface area (Å²) in [6, 6.07) is 9.78. The number of ether oxygens (including phenoxy) is 1. The Morgan fingerprint density at radius 1 is 1.27 bits per heavy atom. The van der Waals surface area contributed by atoms with Crippen LogP contribution in [0.15, 0.2) is 30.3 Å². The van der Waals surface area contributed by atoms with E-state index in [4.69, 9.17) is 26.2 Å². The van der Waals surface area contributed by atoms with Crippen LogP contribution in [0, 0.1) is 5.92 Å². The highest BCUT2D eigenvalue weighted by molar-refractivity contribution is 5.99. The molecule has 1 fully saturated rings. The number of hydrogen-bond acceptors (Lipinski definition) is 6. The molecule has 2 aliphatic rings. The van der Waals surface area contributed by atoms with Crippen molar-refractivity contribution in [2.24, 2.45) is 18.7 Å². The lowest BCUT2D eigenvalue weighted by Crippen LogP contribution is -2.44. The summed E-state index contributed by atoms with van der Waals surface area (Å²) in [6.45, 7) is 0.199. The van der Waals surface area contributed by atoms with Gasteiger partial charge in [0.05, 0.1) is 34.7 Å². The molecule has 11 heteroatoms. The maximum Gasteiger partial charge on any atom is 0.404 e. The van der Waals surface area contributed by atoms with Crippen LogP contribution in [0.3, 0.4) is 0 Å². The quantitative estimate of drug-likeness (QED) is 0.371. The minimum Gasteiger partial charge on any atom is -0.442 e. The Hall–Kier alpha value is -4.15. The van der Waals surface area contributed by atoms with E-state index in [-0.39, 0.29) is 12.5 Å². The van der Waals surface area contributed by atoms with Crippen LogP contribution >= 0.6 is 0 Å². The summed E-state index contributed by atoms with van der Waals surface area (Å²) >= 11 is 0. The SMILES string of the molecule is Cn1c(-c2cc3cccc(N)c3n2CC2CC2)nc2cc3c(nc21)CCN(CC(CF)OC(N)=O)C3=O. The molecule has 0 saturated heterocycles. The minimum atomic E-state index is -1.11. The van der Waals surface area contributed by atoms with Crippen LogP contribution in [-0.2, 0) is 24.8 Å². The number of nitrogens with zero attached hydrogens (tertiary/aromatic N) is 5. The molecule has 1 unspecified atom stereocenters. The standard InChI is InChI=1S/C26H28FN7O3/c1-32-23-20(10-17-19(30-23)7-8-33(25(17)35)13-16(11-27)37-26(29)36)31-24(32)21-9-15-3-2-4-18(28)22(15)34(21)12-14-5-6-14/h2-4,9-10,14,16H,5-8,11-13,28H2,1H3,(H2,29,36). The number of fused-ring (bicyclic) bond motifs is 3. The van der Waals surface area contributed by atoms with Crippen molar-refractivity contribution < 1.29 is 18.7 Å². The van der Waals surface area contributed by atoms with E-state index in [1.807, 2.05) is 23.7 Å². The van der Waals surface area contributed by atoms with Gasteiger partial charge in [0.15, 0.2) is 11.5 Å². The lowest BCUT2D eigenvalue weighted by Gasteiger charge is -2.30. The number of carbonyl (C=O) groups is 2. The first-order chi connectivity index (χ1) is 17.8. The third kappa shape index (κ3) is 4.04. The minimum absolute atomic E-state index is 0.0775. The summed E-state index contributed by atoms with van der Waals surface area (Å²) in [5.41, 5.74) is 16.5. The number of aromatic nitrogens is 4. The van der Waals surface area contributed by atoms with Gasteiger partial charge in [-0.15, -0.1) is 0 Å². The van der Waals surface area contributed by atoms with Gasteiger partial charge in [-0.3, -0.25) is 4.79 Å². The number of nitrogen functional groups attached to an aromatic ring is 1. The third-order valence-corrected chi connectivity index (χ3v) is 7.26. The number of imidazole rings is 1. The van der Waals surface area contributed by atoms with Gasteiger partial charge in [-0.05, 0) is 37.0 Å². The maximum atomic E-state index is 13.3. The lowest BCUT2D eigenvalue weighted by molar-refractivity contribution is 0.0459. The van der Waals surface area contributed by atoms with Gasteiger partial charge >= 0.3 is 6.09 Å². The van der Waals surface area contributed by atoms with E-state index in [9.17, 15) is 14.0 Å². The number of hydrogen-bond donors (Lipinski definition) is 2. The smallest absolute Gasteiger partial charge is 0.404 e. The van der Waals surface area contributed by atoms with E-state index < -0.39 is 18.9 Å². The topological polar surface area (TPSA) is 134 Å². The van der Waals surface area contributed by atoms with Gasteiger partial charge in [-0.25, -0.2) is 19.2 Å². The molecule has 1 atom stereocenters. The molecule has 4 aromatic rings. The number of para-hydroxylation sites is 1. The first-order valence-electron chi connectivity index (χ1n) is 12.4. The molecule has 0 radical (unpaired) electrons. The van der Waals surface area contributed by atoms with E-state index in [2.05, 4.69) is 16.7 Å². The van der Waals surface area contributed by atoms with Crippen LogP contribution in [0.1, 0.15) is 28.9 Å². The van der Waals surface area contributed by atoms with Gasteiger partial charge < -0.3 is 30.2 Å². The average molecular weight is 506 g/mol.